The Hall–Kier alpha value is -0.930. The van der Waals surface area contributed by atoms with Crippen LogP contribution in [0.3, 0.4) is 0 Å². The summed E-state index contributed by atoms with van der Waals surface area (Å²) in [5, 5.41) is 3.30. The van der Waals surface area contributed by atoms with Crippen molar-refractivity contribution in [2.45, 2.75) is 39.8 Å². The summed E-state index contributed by atoms with van der Waals surface area (Å²) in [5.41, 5.74) is 0.631. The van der Waals surface area contributed by atoms with Crippen LogP contribution in [-0.2, 0) is 4.74 Å². The number of hydrogen-bond donors (Lipinski definition) is 1. The minimum atomic E-state index is -0.226. The molecule has 3 heteroatoms. The molecule has 1 rings (SSSR count). The van der Waals surface area contributed by atoms with Crippen LogP contribution in [0, 0.1) is 11.7 Å². The van der Waals surface area contributed by atoms with Crippen LogP contribution in [0.1, 0.15) is 39.4 Å². The normalized spacial score (nSPS) is 13.3. The molecule has 0 amide bonds. The van der Waals surface area contributed by atoms with Gasteiger partial charge >= 0.3 is 0 Å². The van der Waals surface area contributed by atoms with Crippen molar-refractivity contribution in [2.24, 2.45) is 5.92 Å². The summed E-state index contributed by atoms with van der Waals surface area (Å²) < 4.78 is 19.6. The van der Waals surface area contributed by atoms with E-state index in [4.69, 9.17) is 4.74 Å². The molecule has 1 atom stereocenters. The summed E-state index contributed by atoms with van der Waals surface area (Å²) in [6.07, 6.45) is -0.226. The average molecular weight is 253 g/mol. The van der Waals surface area contributed by atoms with Gasteiger partial charge in [-0.25, -0.2) is 4.39 Å². The van der Waals surface area contributed by atoms with Gasteiger partial charge in [-0.2, -0.15) is 0 Å². The van der Waals surface area contributed by atoms with E-state index in [0.717, 1.165) is 0 Å². The van der Waals surface area contributed by atoms with Gasteiger partial charge in [0, 0.05) is 24.8 Å². The van der Waals surface area contributed by atoms with Crippen molar-refractivity contribution < 1.29 is 9.13 Å². The van der Waals surface area contributed by atoms with Gasteiger partial charge < -0.3 is 10.1 Å². The Bertz CT molecular complexity index is 340. The molecule has 0 aliphatic carbocycles. The Morgan fingerprint density at radius 3 is 2.39 bits per heavy atom. The van der Waals surface area contributed by atoms with Gasteiger partial charge in [0.15, 0.2) is 0 Å². The fraction of sp³-hybridized carbons (Fsp3) is 0.600. The highest BCUT2D eigenvalue weighted by atomic mass is 19.1. The third-order valence-corrected chi connectivity index (χ3v) is 2.59. The van der Waals surface area contributed by atoms with Gasteiger partial charge in [0.1, 0.15) is 5.82 Å². The second-order valence-electron chi connectivity index (χ2n) is 5.30. The molecular formula is C15H24FNO. The van der Waals surface area contributed by atoms with E-state index in [1.807, 2.05) is 6.07 Å². The molecule has 0 saturated heterocycles. The molecule has 1 aromatic carbocycles. The molecule has 0 radical (unpaired) electrons. The van der Waals surface area contributed by atoms with Crippen LogP contribution in [-0.4, -0.2) is 19.2 Å². The number of halogens is 1. The lowest BCUT2D eigenvalue weighted by atomic mass is 10.1. The Labute approximate surface area is 110 Å². The smallest absolute Gasteiger partial charge is 0.129 e. The Morgan fingerprint density at radius 1 is 1.17 bits per heavy atom. The second-order valence-corrected chi connectivity index (χ2v) is 5.30. The maximum absolute atomic E-state index is 13.8. The molecule has 0 bridgehead atoms. The quantitative estimate of drug-likeness (QED) is 0.802. The van der Waals surface area contributed by atoms with Gasteiger partial charge in [-0.1, -0.05) is 45.9 Å². The third kappa shape index (κ3) is 5.15. The van der Waals surface area contributed by atoms with Crippen molar-refractivity contribution in [3.8, 4) is 0 Å². The minimum absolute atomic E-state index is 0.197. The van der Waals surface area contributed by atoms with Gasteiger partial charge in [-0.15, -0.1) is 0 Å². The highest BCUT2D eigenvalue weighted by molar-refractivity contribution is 5.20. The standard InChI is InChI=1S/C15H24FNO/c1-11(2)10-18-15(9-17-12(3)4)13-7-5-6-8-14(13)16/h5-8,11-12,15,17H,9-10H2,1-4H3. The Balaban J connectivity index is 2.73. The van der Waals surface area contributed by atoms with E-state index in [1.165, 1.54) is 6.07 Å². The van der Waals surface area contributed by atoms with Crippen LogP contribution in [0.15, 0.2) is 24.3 Å². The Kier molecular flexibility index (Phi) is 6.30. The molecule has 1 N–H and O–H groups in total. The number of nitrogens with one attached hydrogen (secondary N) is 1. The maximum Gasteiger partial charge on any atom is 0.129 e. The van der Waals surface area contributed by atoms with Crippen molar-refractivity contribution in [3.05, 3.63) is 35.6 Å². The van der Waals surface area contributed by atoms with Crippen molar-refractivity contribution in [3.63, 3.8) is 0 Å². The molecule has 0 aliphatic heterocycles. The molecule has 102 valence electrons. The largest absolute Gasteiger partial charge is 0.372 e. The van der Waals surface area contributed by atoms with Crippen LogP contribution < -0.4 is 5.32 Å². The summed E-state index contributed by atoms with van der Waals surface area (Å²) in [4.78, 5) is 0. The van der Waals surface area contributed by atoms with Crippen LogP contribution >= 0.6 is 0 Å². The third-order valence-electron chi connectivity index (χ3n) is 2.59. The highest BCUT2D eigenvalue weighted by Crippen LogP contribution is 2.20. The molecule has 0 saturated carbocycles. The lowest BCUT2D eigenvalue weighted by molar-refractivity contribution is 0.0319. The van der Waals surface area contributed by atoms with Crippen molar-refractivity contribution in [1.82, 2.24) is 5.32 Å². The average Bonchev–Trinajstić information content (AvgIpc) is 2.30. The monoisotopic (exact) mass is 253 g/mol. The molecular weight excluding hydrogens is 229 g/mol. The first-order valence-corrected chi connectivity index (χ1v) is 6.60. The van der Waals surface area contributed by atoms with Crippen LogP contribution in [0.4, 0.5) is 4.39 Å². The fourth-order valence-electron chi connectivity index (χ4n) is 1.65. The zero-order chi connectivity index (χ0) is 13.5. The predicted octanol–water partition coefficient (Wildman–Crippen LogP) is 3.54. The summed E-state index contributed by atoms with van der Waals surface area (Å²) in [7, 11) is 0. The highest BCUT2D eigenvalue weighted by Gasteiger charge is 2.16. The zero-order valence-corrected chi connectivity index (χ0v) is 11.7. The lowest BCUT2D eigenvalue weighted by Gasteiger charge is -2.22. The summed E-state index contributed by atoms with van der Waals surface area (Å²) >= 11 is 0. The minimum Gasteiger partial charge on any atom is -0.372 e. The molecule has 1 aromatic rings. The number of ether oxygens (including phenoxy) is 1. The summed E-state index contributed by atoms with van der Waals surface area (Å²) in [6, 6.07) is 7.19. The van der Waals surface area contributed by atoms with Gasteiger partial charge in [0.2, 0.25) is 0 Å². The number of hydrogen-bond acceptors (Lipinski definition) is 2. The first-order chi connectivity index (χ1) is 8.50. The van der Waals surface area contributed by atoms with E-state index in [-0.39, 0.29) is 11.9 Å². The molecule has 0 heterocycles. The summed E-state index contributed by atoms with van der Waals surface area (Å²) in [5.74, 6) is 0.245. The van der Waals surface area contributed by atoms with E-state index in [2.05, 4.69) is 33.0 Å². The number of rotatable bonds is 7. The van der Waals surface area contributed by atoms with Gasteiger partial charge in [-0.05, 0) is 12.0 Å². The van der Waals surface area contributed by atoms with E-state index >= 15 is 0 Å². The van der Waals surface area contributed by atoms with E-state index in [1.54, 1.807) is 12.1 Å². The zero-order valence-electron chi connectivity index (χ0n) is 11.7. The van der Waals surface area contributed by atoms with Gasteiger partial charge in [-0.3, -0.25) is 0 Å². The van der Waals surface area contributed by atoms with Crippen LogP contribution in [0.5, 0.6) is 0 Å². The lowest BCUT2D eigenvalue weighted by Crippen LogP contribution is -2.30. The molecule has 0 aliphatic rings. The van der Waals surface area contributed by atoms with Crippen LogP contribution in [0.25, 0.3) is 0 Å². The van der Waals surface area contributed by atoms with E-state index < -0.39 is 0 Å². The number of benzene rings is 1. The molecule has 0 spiro atoms. The van der Waals surface area contributed by atoms with Crippen molar-refractivity contribution in [1.29, 1.82) is 0 Å². The summed E-state index contributed by atoms with van der Waals surface area (Å²) in [6.45, 7) is 9.59. The van der Waals surface area contributed by atoms with Gasteiger partial charge in [0.25, 0.3) is 0 Å². The molecule has 0 fully saturated rings. The Morgan fingerprint density at radius 2 is 1.83 bits per heavy atom. The predicted molar refractivity (Wildman–Crippen MR) is 73.1 cm³/mol. The van der Waals surface area contributed by atoms with Crippen molar-refractivity contribution >= 4 is 0 Å². The molecule has 18 heavy (non-hydrogen) atoms. The topological polar surface area (TPSA) is 21.3 Å². The van der Waals surface area contributed by atoms with Crippen molar-refractivity contribution in [2.75, 3.05) is 13.2 Å². The van der Waals surface area contributed by atoms with E-state index in [0.29, 0.717) is 30.7 Å². The molecule has 2 nitrogen and oxygen atoms in total. The van der Waals surface area contributed by atoms with Crippen LogP contribution in [0.2, 0.25) is 0 Å². The SMILES string of the molecule is CC(C)COC(CNC(C)C)c1ccccc1F. The first kappa shape index (κ1) is 15.1. The van der Waals surface area contributed by atoms with E-state index in [9.17, 15) is 4.39 Å². The maximum atomic E-state index is 13.8. The molecule has 0 aromatic heterocycles. The first-order valence-electron chi connectivity index (χ1n) is 6.60. The van der Waals surface area contributed by atoms with Gasteiger partial charge in [0.05, 0.1) is 6.10 Å². The molecule has 1 unspecified atom stereocenters. The fourth-order valence-corrected chi connectivity index (χ4v) is 1.65. The second kappa shape index (κ2) is 7.49.